The highest BCUT2D eigenvalue weighted by Crippen LogP contribution is 2.13. The van der Waals surface area contributed by atoms with Gasteiger partial charge in [0.1, 0.15) is 11.6 Å². The minimum atomic E-state index is 0.0831. The van der Waals surface area contributed by atoms with Gasteiger partial charge in [-0.05, 0) is 32.4 Å². The number of H-pyrrole nitrogens is 1. The van der Waals surface area contributed by atoms with Gasteiger partial charge in [0.2, 0.25) is 0 Å². The van der Waals surface area contributed by atoms with E-state index in [9.17, 15) is 4.79 Å². The highest BCUT2D eigenvalue weighted by atomic mass is 16.2. The molecule has 0 unspecified atom stereocenters. The Balaban J connectivity index is 1.61. The van der Waals surface area contributed by atoms with Gasteiger partial charge in [0.05, 0.1) is 17.8 Å². The predicted octanol–water partition coefficient (Wildman–Crippen LogP) is 1.73. The largest absolute Gasteiger partial charge is 0.337 e. The summed E-state index contributed by atoms with van der Waals surface area (Å²) < 4.78 is 0. The smallest absolute Gasteiger partial charge is 0.255 e. The summed E-state index contributed by atoms with van der Waals surface area (Å²) in [5, 5.41) is 7.19. The van der Waals surface area contributed by atoms with Crippen molar-refractivity contribution in [2.45, 2.75) is 40.2 Å². The molecule has 134 valence electrons. The molecule has 2 aromatic rings. The van der Waals surface area contributed by atoms with E-state index in [0.717, 1.165) is 68.6 Å². The lowest BCUT2D eigenvalue weighted by Gasteiger charge is -2.22. The lowest BCUT2D eigenvalue weighted by Crippen LogP contribution is -2.35. The number of rotatable bonds is 4. The lowest BCUT2D eigenvalue weighted by atomic mass is 10.1. The molecule has 0 bridgehead atoms. The first-order valence-electron chi connectivity index (χ1n) is 8.93. The highest BCUT2D eigenvalue weighted by Gasteiger charge is 2.22. The van der Waals surface area contributed by atoms with Crippen molar-refractivity contribution >= 4 is 5.91 Å². The number of carbonyl (C=O) groups excluding carboxylic acids is 1. The maximum absolute atomic E-state index is 12.8. The molecule has 0 saturated carbocycles. The van der Waals surface area contributed by atoms with E-state index >= 15 is 0 Å². The molecule has 0 aromatic carbocycles. The normalized spacial score (nSPS) is 16.0. The van der Waals surface area contributed by atoms with Gasteiger partial charge in [0.25, 0.3) is 5.91 Å². The molecule has 1 aliphatic heterocycles. The zero-order valence-corrected chi connectivity index (χ0v) is 15.2. The van der Waals surface area contributed by atoms with Crippen molar-refractivity contribution in [3.63, 3.8) is 0 Å². The number of amides is 1. The molecule has 25 heavy (non-hydrogen) atoms. The van der Waals surface area contributed by atoms with E-state index < -0.39 is 0 Å². The molecular formula is C18H26N6O. The van der Waals surface area contributed by atoms with Gasteiger partial charge in [-0.2, -0.15) is 5.10 Å². The molecule has 1 fully saturated rings. The summed E-state index contributed by atoms with van der Waals surface area (Å²) in [4.78, 5) is 26.0. The molecule has 7 nitrogen and oxygen atoms in total. The molecule has 7 heteroatoms. The van der Waals surface area contributed by atoms with Crippen molar-refractivity contribution in [1.82, 2.24) is 30.0 Å². The summed E-state index contributed by atoms with van der Waals surface area (Å²) in [6.45, 7) is 9.94. The van der Waals surface area contributed by atoms with E-state index in [4.69, 9.17) is 0 Å². The minimum absolute atomic E-state index is 0.0831. The van der Waals surface area contributed by atoms with Crippen molar-refractivity contribution in [3.05, 3.63) is 40.7 Å². The fraction of sp³-hybridized carbons (Fsp3) is 0.556. The monoisotopic (exact) mass is 342 g/mol. The second kappa shape index (κ2) is 7.74. The second-order valence-corrected chi connectivity index (χ2v) is 6.56. The zero-order chi connectivity index (χ0) is 17.8. The molecule has 1 saturated heterocycles. The number of hydrogen-bond acceptors (Lipinski definition) is 5. The Bertz CT molecular complexity index is 741. The van der Waals surface area contributed by atoms with Gasteiger partial charge < -0.3 is 4.90 Å². The Kier molecular flexibility index (Phi) is 5.43. The fourth-order valence-corrected chi connectivity index (χ4v) is 3.19. The number of nitrogens with zero attached hydrogens (tertiary/aromatic N) is 5. The van der Waals surface area contributed by atoms with E-state index in [-0.39, 0.29) is 5.91 Å². The van der Waals surface area contributed by atoms with Crippen LogP contribution in [-0.4, -0.2) is 62.1 Å². The maximum atomic E-state index is 12.8. The van der Waals surface area contributed by atoms with Crippen LogP contribution in [0.1, 0.15) is 46.7 Å². The van der Waals surface area contributed by atoms with Crippen LogP contribution in [0.5, 0.6) is 0 Å². The van der Waals surface area contributed by atoms with E-state index in [1.54, 1.807) is 0 Å². The first-order chi connectivity index (χ1) is 12.1. The summed E-state index contributed by atoms with van der Waals surface area (Å²) >= 11 is 0. The molecule has 3 heterocycles. The van der Waals surface area contributed by atoms with Crippen LogP contribution in [0.2, 0.25) is 0 Å². The molecule has 3 rings (SSSR count). The lowest BCUT2D eigenvalue weighted by molar-refractivity contribution is 0.0759. The van der Waals surface area contributed by atoms with Crippen LogP contribution in [0.25, 0.3) is 0 Å². The molecule has 0 atom stereocenters. The number of aryl methyl sites for hydroxylation is 3. The average molecular weight is 342 g/mol. The van der Waals surface area contributed by atoms with E-state index in [2.05, 4.69) is 25.1 Å². The van der Waals surface area contributed by atoms with Gasteiger partial charge in [0, 0.05) is 38.3 Å². The third-order valence-electron chi connectivity index (χ3n) is 4.60. The fourth-order valence-electron chi connectivity index (χ4n) is 3.19. The summed E-state index contributed by atoms with van der Waals surface area (Å²) in [6, 6.07) is 3.79. The van der Waals surface area contributed by atoms with Gasteiger partial charge in [0.15, 0.2) is 0 Å². The van der Waals surface area contributed by atoms with Gasteiger partial charge in [-0.15, -0.1) is 0 Å². The Morgan fingerprint density at radius 1 is 1.16 bits per heavy atom. The first kappa shape index (κ1) is 17.5. The molecule has 1 aliphatic rings. The Morgan fingerprint density at radius 3 is 2.72 bits per heavy atom. The highest BCUT2D eigenvalue weighted by molar-refractivity contribution is 5.95. The maximum Gasteiger partial charge on any atom is 0.255 e. The molecule has 1 amide bonds. The van der Waals surface area contributed by atoms with Gasteiger partial charge in [-0.1, -0.05) is 6.92 Å². The Morgan fingerprint density at radius 2 is 2.00 bits per heavy atom. The first-order valence-corrected chi connectivity index (χ1v) is 8.93. The number of carbonyl (C=O) groups is 1. The van der Waals surface area contributed by atoms with Gasteiger partial charge in [-0.25, -0.2) is 4.98 Å². The number of aromatic amines is 1. The van der Waals surface area contributed by atoms with Gasteiger partial charge in [-0.3, -0.25) is 19.8 Å². The topological polar surface area (TPSA) is 78.0 Å². The molecule has 2 aromatic heterocycles. The number of hydrogen-bond donors (Lipinski definition) is 1. The minimum Gasteiger partial charge on any atom is -0.337 e. The number of nitrogens with one attached hydrogen (secondary N) is 1. The molecule has 0 radical (unpaired) electrons. The van der Waals surface area contributed by atoms with Crippen molar-refractivity contribution in [3.8, 4) is 0 Å². The summed E-state index contributed by atoms with van der Waals surface area (Å²) in [5.41, 5.74) is 2.45. The number of aromatic nitrogens is 4. The van der Waals surface area contributed by atoms with E-state index in [1.807, 2.05) is 37.8 Å². The number of pyridine rings is 1. The van der Waals surface area contributed by atoms with Crippen LogP contribution in [0.15, 0.2) is 12.1 Å². The van der Waals surface area contributed by atoms with Crippen molar-refractivity contribution in [2.24, 2.45) is 0 Å². The second-order valence-electron chi connectivity index (χ2n) is 6.56. The average Bonchev–Trinajstić information content (AvgIpc) is 2.91. The summed E-state index contributed by atoms with van der Waals surface area (Å²) in [6.07, 6.45) is 1.79. The van der Waals surface area contributed by atoms with Crippen LogP contribution in [0, 0.1) is 13.8 Å². The predicted molar refractivity (Wildman–Crippen MR) is 95.3 cm³/mol. The zero-order valence-electron chi connectivity index (χ0n) is 15.2. The van der Waals surface area contributed by atoms with Crippen molar-refractivity contribution < 1.29 is 4.79 Å². The van der Waals surface area contributed by atoms with Crippen LogP contribution in [-0.2, 0) is 13.0 Å². The summed E-state index contributed by atoms with van der Waals surface area (Å²) in [5.74, 6) is 1.83. The third kappa shape index (κ3) is 4.22. The SMILES string of the molecule is CCc1n[nH]c(CN2CCCN(C(=O)c3ccc(C)nc3C)CC2)n1. The van der Waals surface area contributed by atoms with Crippen molar-refractivity contribution in [1.29, 1.82) is 0 Å². The van der Waals surface area contributed by atoms with Crippen LogP contribution < -0.4 is 0 Å². The molecular weight excluding hydrogens is 316 g/mol. The van der Waals surface area contributed by atoms with E-state index in [0.29, 0.717) is 5.56 Å². The molecule has 1 N–H and O–H groups in total. The Labute approximate surface area is 148 Å². The van der Waals surface area contributed by atoms with Crippen LogP contribution >= 0.6 is 0 Å². The third-order valence-corrected chi connectivity index (χ3v) is 4.60. The van der Waals surface area contributed by atoms with Crippen LogP contribution in [0.4, 0.5) is 0 Å². The van der Waals surface area contributed by atoms with Crippen LogP contribution in [0.3, 0.4) is 0 Å². The molecule has 0 spiro atoms. The Hall–Kier alpha value is -2.28. The quantitative estimate of drug-likeness (QED) is 0.915. The van der Waals surface area contributed by atoms with Gasteiger partial charge >= 0.3 is 0 Å². The van der Waals surface area contributed by atoms with E-state index in [1.165, 1.54) is 0 Å². The van der Waals surface area contributed by atoms with Crippen molar-refractivity contribution in [2.75, 3.05) is 26.2 Å². The summed E-state index contributed by atoms with van der Waals surface area (Å²) in [7, 11) is 0. The molecule has 0 aliphatic carbocycles. The standard InChI is InChI=1S/C18H26N6O/c1-4-16-20-17(22-21-16)12-23-8-5-9-24(11-10-23)18(25)15-7-6-13(2)19-14(15)3/h6-7H,4-5,8-12H2,1-3H3,(H,20,21,22).